The molecule has 2 heterocycles. The van der Waals surface area contributed by atoms with Crippen molar-refractivity contribution in [2.45, 2.75) is 19.9 Å². The van der Waals surface area contributed by atoms with E-state index in [4.69, 9.17) is 0 Å². The second kappa shape index (κ2) is 9.67. The maximum atomic E-state index is 14.0. The number of hydrogen-bond donors (Lipinski definition) is 1. The summed E-state index contributed by atoms with van der Waals surface area (Å²) in [6.45, 7) is 3.74. The summed E-state index contributed by atoms with van der Waals surface area (Å²) >= 11 is 1.27. The molecule has 7 heteroatoms. The minimum Gasteiger partial charge on any atom is -0.503 e. The molecule has 1 unspecified atom stereocenters. The van der Waals surface area contributed by atoms with E-state index in [9.17, 15) is 14.7 Å². The van der Waals surface area contributed by atoms with Crippen molar-refractivity contribution in [2.75, 3.05) is 23.9 Å². The number of carbonyl (C=O) groups excluding carboxylic acids is 2. The molecule has 0 saturated carbocycles. The quantitative estimate of drug-likeness (QED) is 0.310. The maximum Gasteiger partial charge on any atom is 0.294 e. The molecule has 3 aromatic carbocycles. The first-order valence-corrected chi connectivity index (χ1v) is 12.8. The highest BCUT2D eigenvalue weighted by Crippen LogP contribution is 2.43. The zero-order valence-electron chi connectivity index (χ0n) is 21.1. The van der Waals surface area contributed by atoms with Crippen molar-refractivity contribution in [3.8, 4) is 10.6 Å². The SMILES string of the molecule is Cc1cccc(C2C(C(=O)c3sc(-c4ccccc4)nc3C)=C(O)C(=O)N2c2ccc(N(C)C)cc2)c1. The number of benzene rings is 3. The lowest BCUT2D eigenvalue weighted by atomic mass is 9.94. The molecule has 0 bridgehead atoms. The van der Waals surface area contributed by atoms with Gasteiger partial charge >= 0.3 is 0 Å². The van der Waals surface area contributed by atoms with Crippen LogP contribution >= 0.6 is 11.3 Å². The summed E-state index contributed by atoms with van der Waals surface area (Å²) in [7, 11) is 3.88. The van der Waals surface area contributed by atoms with Gasteiger partial charge in [0.1, 0.15) is 5.01 Å². The number of carbonyl (C=O) groups is 2. The van der Waals surface area contributed by atoms with E-state index in [1.165, 1.54) is 16.2 Å². The molecule has 0 spiro atoms. The molecular formula is C30H27N3O3S. The fraction of sp³-hybridized carbons (Fsp3) is 0.167. The van der Waals surface area contributed by atoms with Gasteiger partial charge in [0.25, 0.3) is 5.91 Å². The topological polar surface area (TPSA) is 73.7 Å². The number of aliphatic hydroxyl groups excluding tert-OH is 1. The summed E-state index contributed by atoms with van der Waals surface area (Å²) < 4.78 is 0. The molecule has 0 aliphatic carbocycles. The van der Waals surface area contributed by atoms with Crippen LogP contribution in [-0.4, -0.2) is 35.9 Å². The largest absolute Gasteiger partial charge is 0.503 e. The average molecular weight is 510 g/mol. The van der Waals surface area contributed by atoms with Crippen LogP contribution in [0.5, 0.6) is 0 Å². The lowest BCUT2D eigenvalue weighted by Crippen LogP contribution is -2.31. The van der Waals surface area contributed by atoms with Crippen LogP contribution in [0.4, 0.5) is 11.4 Å². The van der Waals surface area contributed by atoms with Gasteiger partial charge in [-0.25, -0.2) is 4.98 Å². The number of anilines is 2. The standard InChI is InChI=1S/C30H27N3O3S/c1-18-9-8-12-21(17-18)25-24(26(34)28-19(2)31-29(37-28)20-10-6-5-7-11-20)27(35)30(36)33(25)23-15-13-22(14-16-23)32(3)4/h5-17,25,35H,1-4H3. The zero-order valence-corrected chi connectivity index (χ0v) is 21.9. The van der Waals surface area contributed by atoms with Gasteiger partial charge in [0.15, 0.2) is 5.76 Å². The molecule has 0 fully saturated rings. The summed E-state index contributed by atoms with van der Waals surface area (Å²) in [5.41, 5.74) is 4.87. The molecule has 1 aliphatic rings. The number of hydrogen-bond acceptors (Lipinski definition) is 6. The second-order valence-electron chi connectivity index (χ2n) is 9.29. The van der Waals surface area contributed by atoms with Gasteiger partial charge in [0.05, 0.1) is 22.2 Å². The van der Waals surface area contributed by atoms with Crippen molar-refractivity contribution in [3.63, 3.8) is 0 Å². The molecule has 1 aliphatic heterocycles. The number of ketones is 1. The van der Waals surface area contributed by atoms with E-state index in [-0.39, 0.29) is 11.4 Å². The van der Waals surface area contributed by atoms with E-state index in [1.807, 2.05) is 105 Å². The van der Waals surface area contributed by atoms with Gasteiger partial charge in [-0.15, -0.1) is 11.3 Å². The molecule has 4 aromatic rings. The lowest BCUT2D eigenvalue weighted by Gasteiger charge is -2.27. The maximum absolute atomic E-state index is 14.0. The number of aryl methyl sites for hydroxylation is 2. The normalized spacial score (nSPS) is 15.4. The van der Waals surface area contributed by atoms with Gasteiger partial charge in [-0.3, -0.25) is 14.5 Å². The molecule has 37 heavy (non-hydrogen) atoms. The number of aromatic nitrogens is 1. The lowest BCUT2D eigenvalue weighted by molar-refractivity contribution is -0.117. The van der Waals surface area contributed by atoms with E-state index >= 15 is 0 Å². The Morgan fingerprint density at radius 1 is 0.973 bits per heavy atom. The van der Waals surface area contributed by atoms with Crippen LogP contribution in [-0.2, 0) is 4.79 Å². The monoisotopic (exact) mass is 509 g/mol. The van der Waals surface area contributed by atoms with E-state index in [2.05, 4.69) is 4.98 Å². The van der Waals surface area contributed by atoms with Crippen molar-refractivity contribution in [3.05, 3.63) is 112 Å². The summed E-state index contributed by atoms with van der Waals surface area (Å²) in [5.74, 6) is -1.51. The Morgan fingerprint density at radius 3 is 2.32 bits per heavy atom. The van der Waals surface area contributed by atoms with Gasteiger partial charge in [0.2, 0.25) is 5.78 Å². The molecule has 186 valence electrons. The smallest absolute Gasteiger partial charge is 0.294 e. The van der Waals surface area contributed by atoms with Crippen molar-refractivity contribution in [2.24, 2.45) is 0 Å². The van der Waals surface area contributed by atoms with Gasteiger partial charge < -0.3 is 10.0 Å². The zero-order chi connectivity index (χ0) is 26.3. The van der Waals surface area contributed by atoms with E-state index in [0.29, 0.717) is 21.3 Å². The Balaban J connectivity index is 1.62. The number of thiazole rings is 1. The Morgan fingerprint density at radius 2 is 1.68 bits per heavy atom. The number of rotatable bonds is 6. The number of aliphatic hydroxyl groups is 1. The van der Waals surface area contributed by atoms with Crippen LogP contribution in [0.2, 0.25) is 0 Å². The van der Waals surface area contributed by atoms with Crippen molar-refractivity contribution in [1.82, 2.24) is 4.98 Å². The van der Waals surface area contributed by atoms with Crippen LogP contribution in [0.25, 0.3) is 10.6 Å². The van der Waals surface area contributed by atoms with E-state index < -0.39 is 17.7 Å². The fourth-order valence-corrected chi connectivity index (χ4v) is 5.63. The highest BCUT2D eigenvalue weighted by atomic mass is 32.1. The minimum absolute atomic E-state index is 0.0682. The predicted molar refractivity (Wildman–Crippen MR) is 148 cm³/mol. The number of nitrogens with zero attached hydrogens (tertiary/aromatic N) is 3. The first kappa shape index (κ1) is 24.5. The molecule has 0 radical (unpaired) electrons. The van der Waals surface area contributed by atoms with Gasteiger partial charge in [-0.1, -0.05) is 60.2 Å². The van der Waals surface area contributed by atoms with Crippen molar-refractivity contribution < 1.29 is 14.7 Å². The molecule has 1 N–H and O–H groups in total. The van der Waals surface area contributed by atoms with E-state index in [1.54, 1.807) is 6.92 Å². The fourth-order valence-electron chi connectivity index (χ4n) is 4.60. The molecule has 5 rings (SSSR count). The first-order valence-electron chi connectivity index (χ1n) is 11.9. The van der Waals surface area contributed by atoms with E-state index in [0.717, 1.165) is 22.4 Å². The first-order chi connectivity index (χ1) is 17.8. The minimum atomic E-state index is -0.771. The molecule has 1 atom stereocenters. The van der Waals surface area contributed by atoms with Crippen LogP contribution < -0.4 is 9.80 Å². The summed E-state index contributed by atoms with van der Waals surface area (Å²) in [6, 6.07) is 24.0. The van der Waals surface area contributed by atoms with Crippen LogP contribution in [0.1, 0.15) is 32.5 Å². The van der Waals surface area contributed by atoms with Crippen molar-refractivity contribution >= 4 is 34.4 Å². The van der Waals surface area contributed by atoms with Crippen LogP contribution in [0, 0.1) is 13.8 Å². The molecule has 0 saturated heterocycles. The van der Waals surface area contributed by atoms with Gasteiger partial charge in [0, 0.05) is 31.0 Å². The Labute approximate surface area is 220 Å². The third-order valence-corrected chi connectivity index (χ3v) is 7.68. The Hall–Kier alpha value is -4.23. The number of Topliss-reactive ketones (excluding diaryl/α,β-unsaturated/α-hetero) is 1. The highest BCUT2D eigenvalue weighted by Gasteiger charge is 2.45. The van der Waals surface area contributed by atoms with Gasteiger partial charge in [-0.2, -0.15) is 0 Å². The number of amides is 1. The third-order valence-electron chi connectivity index (χ3n) is 6.48. The van der Waals surface area contributed by atoms with Crippen LogP contribution in [0.3, 0.4) is 0 Å². The van der Waals surface area contributed by atoms with Crippen molar-refractivity contribution in [1.29, 1.82) is 0 Å². The molecule has 1 amide bonds. The van der Waals surface area contributed by atoms with Crippen LogP contribution in [0.15, 0.2) is 90.2 Å². The summed E-state index contributed by atoms with van der Waals surface area (Å²) in [5, 5.41) is 11.8. The summed E-state index contributed by atoms with van der Waals surface area (Å²) in [6.07, 6.45) is 0. The second-order valence-corrected chi connectivity index (χ2v) is 10.3. The Bertz CT molecular complexity index is 1520. The summed E-state index contributed by atoms with van der Waals surface area (Å²) in [4.78, 5) is 36.0. The molecule has 6 nitrogen and oxygen atoms in total. The Kier molecular flexibility index (Phi) is 6.39. The van der Waals surface area contributed by atoms with Gasteiger partial charge in [-0.05, 0) is 43.7 Å². The average Bonchev–Trinajstić information content (AvgIpc) is 3.41. The highest BCUT2D eigenvalue weighted by molar-refractivity contribution is 7.17. The third kappa shape index (κ3) is 4.42. The molecular weight excluding hydrogens is 482 g/mol. The molecule has 1 aromatic heterocycles. The predicted octanol–water partition coefficient (Wildman–Crippen LogP) is 6.28.